The normalized spacial score (nSPS) is 18.1. The highest BCUT2D eigenvalue weighted by Crippen LogP contribution is 2.20. The van der Waals surface area contributed by atoms with E-state index in [1.54, 1.807) is 0 Å². The van der Waals surface area contributed by atoms with E-state index in [-0.39, 0.29) is 23.9 Å². The molecule has 34 heavy (non-hydrogen) atoms. The third kappa shape index (κ3) is 17.4. The molecule has 4 nitrogen and oxygen atoms in total. The molecule has 2 atom stereocenters. The van der Waals surface area contributed by atoms with Crippen LogP contribution in [0.4, 0.5) is 0 Å². The molecule has 200 valence electrons. The van der Waals surface area contributed by atoms with E-state index in [1.165, 1.54) is 89.9 Å². The van der Waals surface area contributed by atoms with Crippen LogP contribution in [0.3, 0.4) is 0 Å². The molecule has 4 heteroatoms. The molecule has 1 aliphatic carbocycles. The number of nitrogens with one attached hydrogen (secondary N) is 2. The third-order valence-electron chi connectivity index (χ3n) is 7.47. The molecular weight excluding hydrogens is 420 g/mol. The van der Waals surface area contributed by atoms with Crippen molar-refractivity contribution in [2.24, 2.45) is 0 Å². The summed E-state index contributed by atoms with van der Waals surface area (Å²) in [5.41, 5.74) is 0. The molecule has 0 aromatic heterocycles. The average molecular weight is 479 g/mol. The average Bonchev–Trinajstić information content (AvgIpc) is 2.83. The SMILES string of the molecule is CCCCCCCCCCCC(=O)N[C@H]1CCCC[C@H]1NC(=O)CCCCCCCCCCC. The molecule has 1 rings (SSSR count). The first-order chi connectivity index (χ1) is 16.7. The first-order valence-electron chi connectivity index (χ1n) is 15.3. The van der Waals surface area contributed by atoms with E-state index in [0.29, 0.717) is 12.8 Å². The number of rotatable bonds is 22. The standard InChI is InChI=1S/C30H58N2O2/c1-3-5-7-9-11-13-15-17-19-25-29(33)31-27-23-21-22-24-28(27)32-30(34)26-20-18-16-14-12-10-8-6-4-2/h27-28H,3-26H2,1-2H3,(H,31,33)(H,32,34)/t27-,28+. The van der Waals surface area contributed by atoms with Gasteiger partial charge >= 0.3 is 0 Å². The summed E-state index contributed by atoms with van der Waals surface area (Å²) in [6.45, 7) is 4.51. The Morgan fingerprint density at radius 1 is 0.500 bits per heavy atom. The zero-order chi connectivity index (χ0) is 24.7. The van der Waals surface area contributed by atoms with E-state index in [9.17, 15) is 9.59 Å². The van der Waals surface area contributed by atoms with E-state index < -0.39 is 0 Å². The summed E-state index contributed by atoms with van der Waals surface area (Å²) in [5, 5.41) is 6.50. The maximum absolute atomic E-state index is 12.5. The molecule has 0 heterocycles. The number of carbonyl (C=O) groups is 2. The maximum Gasteiger partial charge on any atom is 0.220 e. The highest BCUT2D eigenvalue weighted by atomic mass is 16.2. The molecule has 0 saturated heterocycles. The molecule has 2 amide bonds. The van der Waals surface area contributed by atoms with E-state index >= 15 is 0 Å². The predicted molar refractivity (Wildman–Crippen MR) is 146 cm³/mol. The minimum Gasteiger partial charge on any atom is -0.351 e. The lowest BCUT2D eigenvalue weighted by Crippen LogP contribution is -2.53. The first kappa shape index (κ1) is 31.0. The predicted octanol–water partition coefficient (Wildman–Crippen LogP) is 8.37. The summed E-state index contributed by atoms with van der Waals surface area (Å²) in [5.74, 6) is 0.348. The van der Waals surface area contributed by atoms with Gasteiger partial charge in [0.15, 0.2) is 0 Å². The van der Waals surface area contributed by atoms with Gasteiger partial charge in [0.2, 0.25) is 11.8 Å². The van der Waals surface area contributed by atoms with Gasteiger partial charge in [-0.15, -0.1) is 0 Å². The van der Waals surface area contributed by atoms with Crippen LogP contribution in [0.25, 0.3) is 0 Å². The van der Waals surface area contributed by atoms with Gasteiger partial charge in [-0.25, -0.2) is 0 Å². The fourth-order valence-electron chi connectivity index (χ4n) is 5.23. The van der Waals surface area contributed by atoms with Crippen molar-refractivity contribution >= 4 is 11.8 Å². The highest BCUT2D eigenvalue weighted by Gasteiger charge is 2.27. The van der Waals surface area contributed by atoms with Crippen molar-refractivity contribution in [3.8, 4) is 0 Å². The lowest BCUT2D eigenvalue weighted by Gasteiger charge is -2.33. The Kier molecular flexibility index (Phi) is 20.4. The van der Waals surface area contributed by atoms with Crippen LogP contribution < -0.4 is 10.6 Å². The minimum atomic E-state index is 0.117. The van der Waals surface area contributed by atoms with Crippen LogP contribution in [-0.4, -0.2) is 23.9 Å². The first-order valence-corrected chi connectivity index (χ1v) is 15.3. The van der Waals surface area contributed by atoms with Crippen molar-refractivity contribution in [1.82, 2.24) is 10.6 Å². The molecule has 1 aliphatic rings. The Labute approximate surface area is 212 Å². The Morgan fingerprint density at radius 3 is 1.12 bits per heavy atom. The fourth-order valence-corrected chi connectivity index (χ4v) is 5.23. The van der Waals surface area contributed by atoms with Gasteiger partial charge in [-0.1, -0.05) is 129 Å². The van der Waals surface area contributed by atoms with Crippen LogP contribution in [-0.2, 0) is 9.59 Å². The second-order valence-electron chi connectivity index (χ2n) is 10.8. The highest BCUT2D eigenvalue weighted by molar-refractivity contribution is 5.77. The van der Waals surface area contributed by atoms with Gasteiger partial charge < -0.3 is 10.6 Å². The molecule has 0 spiro atoms. The largest absolute Gasteiger partial charge is 0.351 e. The number of hydrogen-bond acceptors (Lipinski definition) is 2. The monoisotopic (exact) mass is 478 g/mol. The Hall–Kier alpha value is -1.06. The summed E-state index contributed by atoms with van der Waals surface area (Å²) in [6, 6.07) is 0.235. The molecule has 0 aromatic rings. The fraction of sp³-hybridized carbons (Fsp3) is 0.933. The van der Waals surface area contributed by atoms with Crippen molar-refractivity contribution in [3.05, 3.63) is 0 Å². The van der Waals surface area contributed by atoms with E-state index in [2.05, 4.69) is 24.5 Å². The maximum atomic E-state index is 12.5. The Morgan fingerprint density at radius 2 is 0.794 bits per heavy atom. The molecule has 1 saturated carbocycles. The Balaban J connectivity index is 2.10. The molecule has 0 aliphatic heterocycles. The van der Waals surface area contributed by atoms with Gasteiger partial charge in [0.05, 0.1) is 0 Å². The van der Waals surface area contributed by atoms with Gasteiger partial charge in [-0.05, 0) is 25.7 Å². The minimum absolute atomic E-state index is 0.117. The smallest absolute Gasteiger partial charge is 0.220 e. The van der Waals surface area contributed by atoms with Crippen LogP contribution in [0.5, 0.6) is 0 Å². The van der Waals surface area contributed by atoms with Crippen LogP contribution in [0.1, 0.15) is 168 Å². The molecule has 0 radical (unpaired) electrons. The topological polar surface area (TPSA) is 58.2 Å². The van der Waals surface area contributed by atoms with Gasteiger partial charge in [0.25, 0.3) is 0 Å². The Bertz CT molecular complexity index is 450. The summed E-state index contributed by atoms with van der Waals surface area (Å²) in [6.07, 6.45) is 28.4. The van der Waals surface area contributed by atoms with Gasteiger partial charge in [0.1, 0.15) is 0 Å². The zero-order valence-electron chi connectivity index (χ0n) is 22.9. The van der Waals surface area contributed by atoms with Gasteiger partial charge in [-0.2, -0.15) is 0 Å². The van der Waals surface area contributed by atoms with Crippen molar-refractivity contribution in [3.63, 3.8) is 0 Å². The summed E-state index contributed by atoms with van der Waals surface area (Å²) >= 11 is 0. The van der Waals surface area contributed by atoms with Gasteiger partial charge in [0, 0.05) is 24.9 Å². The number of hydrogen-bond donors (Lipinski definition) is 2. The van der Waals surface area contributed by atoms with Crippen molar-refractivity contribution in [1.29, 1.82) is 0 Å². The third-order valence-corrected chi connectivity index (χ3v) is 7.47. The lowest BCUT2D eigenvalue weighted by atomic mass is 9.90. The van der Waals surface area contributed by atoms with Crippen molar-refractivity contribution in [2.75, 3.05) is 0 Å². The second kappa shape index (κ2) is 22.4. The molecule has 2 N–H and O–H groups in total. The summed E-state index contributed by atoms with van der Waals surface area (Å²) < 4.78 is 0. The van der Waals surface area contributed by atoms with Crippen LogP contribution in [0.2, 0.25) is 0 Å². The molecule has 0 unspecified atom stereocenters. The molecule has 1 fully saturated rings. The number of carbonyl (C=O) groups excluding carboxylic acids is 2. The van der Waals surface area contributed by atoms with E-state index in [4.69, 9.17) is 0 Å². The van der Waals surface area contributed by atoms with E-state index in [1.807, 2.05) is 0 Å². The quantitative estimate of drug-likeness (QED) is 0.154. The van der Waals surface area contributed by atoms with Gasteiger partial charge in [-0.3, -0.25) is 9.59 Å². The van der Waals surface area contributed by atoms with Crippen molar-refractivity contribution in [2.45, 2.75) is 180 Å². The molecular formula is C30H58N2O2. The molecule has 0 aromatic carbocycles. The number of amides is 2. The second-order valence-corrected chi connectivity index (χ2v) is 10.8. The molecule has 0 bridgehead atoms. The summed E-state index contributed by atoms with van der Waals surface area (Å²) in [4.78, 5) is 25.0. The summed E-state index contributed by atoms with van der Waals surface area (Å²) in [7, 11) is 0. The van der Waals surface area contributed by atoms with Crippen LogP contribution in [0.15, 0.2) is 0 Å². The lowest BCUT2D eigenvalue weighted by molar-refractivity contribution is -0.125. The zero-order valence-corrected chi connectivity index (χ0v) is 22.9. The van der Waals surface area contributed by atoms with Crippen LogP contribution >= 0.6 is 0 Å². The van der Waals surface area contributed by atoms with E-state index in [0.717, 1.165) is 51.4 Å². The number of unbranched alkanes of at least 4 members (excludes halogenated alkanes) is 16. The van der Waals surface area contributed by atoms with Crippen LogP contribution in [0, 0.1) is 0 Å². The van der Waals surface area contributed by atoms with Crippen molar-refractivity contribution < 1.29 is 9.59 Å².